The molecule has 0 unspecified atom stereocenters. The van der Waals surface area contributed by atoms with Crippen LogP contribution in [0.5, 0.6) is 0 Å². The zero-order valence-electron chi connectivity index (χ0n) is 6.43. The van der Waals surface area contributed by atoms with Crippen LogP contribution in [0.15, 0.2) is 0 Å². The highest BCUT2D eigenvalue weighted by Gasteiger charge is 2.03. The predicted molar refractivity (Wildman–Crippen MR) is 35.8 cm³/mol. The lowest BCUT2D eigenvalue weighted by molar-refractivity contribution is -0.423. The average Bonchev–Trinajstić information content (AvgIpc) is 1.85. The Morgan fingerprint density at radius 3 is 2.60 bits per heavy atom. The van der Waals surface area contributed by atoms with Gasteiger partial charge in [-0.25, -0.2) is 0 Å². The lowest BCUT2D eigenvalue weighted by Crippen LogP contribution is -2.60. The molecule has 0 rings (SSSR count). The fraction of sp³-hybridized carbons (Fsp3) is 0.857. The molecule has 0 radical (unpaired) electrons. The summed E-state index contributed by atoms with van der Waals surface area (Å²) in [5.41, 5.74) is 3.81. The van der Waals surface area contributed by atoms with Crippen molar-refractivity contribution < 1.29 is 15.6 Å². The summed E-state index contributed by atoms with van der Waals surface area (Å²) in [5, 5.41) is 9.97. The van der Waals surface area contributed by atoms with E-state index in [0.717, 1.165) is 12.8 Å². The first-order chi connectivity index (χ1) is 4.66. The summed E-state index contributed by atoms with van der Waals surface area (Å²) in [6.07, 6.45) is 2.87. The Bertz CT molecular complexity index is 104. The van der Waals surface area contributed by atoms with E-state index in [9.17, 15) is 9.90 Å². The molecular formula is C7H15NO2. The summed E-state index contributed by atoms with van der Waals surface area (Å²) < 4.78 is 0. The minimum atomic E-state index is -0.968. The van der Waals surface area contributed by atoms with Crippen LogP contribution in [0.25, 0.3) is 0 Å². The minimum Gasteiger partial charge on any atom is -0.550 e. The van der Waals surface area contributed by atoms with Crippen LogP contribution in [0.2, 0.25) is 0 Å². The van der Waals surface area contributed by atoms with Gasteiger partial charge in [-0.15, -0.1) is 0 Å². The first-order valence-corrected chi connectivity index (χ1v) is 3.69. The van der Waals surface area contributed by atoms with E-state index in [1.54, 1.807) is 0 Å². The van der Waals surface area contributed by atoms with Crippen LogP contribution in [-0.4, -0.2) is 12.0 Å². The molecule has 60 valence electrons. The molecule has 0 aromatic carbocycles. The largest absolute Gasteiger partial charge is 0.550 e. The molecule has 0 aromatic heterocycles. The maximum atomic E-state index is 9.97. The van der Waals surface area contributed by atoms with Gasteiger partial charge in [0.15, 0.2) is 0 Å². The van der Waals surface area contributed by atoms with E-state index in [0.29, 0.717) is 6.42 Å². The van der Waals surface area contributed by atoms with Gasteiger partial charge in [-0.1, -0.05) is 13.3 Å². The highest BCUT2D eigenvalue weighted by Crippen LogP contribution is 1.98. The predicted octanol–water partition coefficient (Wildman–Crippen LogP) is -1.07. The number of hydrogen-bond donors (Lipinski definition) is 1. The molecule has 0 fully saturated rings. The Hall–Kier alpha value is -0.570. The van der Waals surface area contributed by atoms with Gasteiger partial charge >= 0.3 is 0 Å². The van der Waals surface area contributed by atoms with Crippen molar-refractivity contribution in [3.05, 3.63) is 0 Å². The molecule has 0 heterocycles. The van der Waals surface area contributed by atoms with Crippen LogP contribution < -0.4 is 10.8 Å². The molecule has 0 saturated heterocycles. The topological polar surface area (TPSA) is 67.8 Å². The van der Waals surface area contributed by atoms with Crippen LogP contribution in [0.3, 0.4) is 0 Å². The Balaban J connectivity index is 3.21. The SMILES string of the molecule is CCC[C@H]([NH3+])CCC(=O)[O-]. The zero-order valence-corrected chi connectivity index (χ0v) is 6.43. The van der Waals surface area contributed by atoms with Gasteiger partial charge in [-0.2, -0.15) is 0 Å². The van der Waals surface area contributed by atoms with Crippen LogP contribution in [-0.2, 0) is 4.79 Å². The van der Waals surface area contributed by atoms with Crippen LogP contribution >= 0.6 is 0 Å². The van der Waals surface area contributed by atoms with Gasteiger partial charge in [0.05, 0.1) is 6.04 Å². The van der Waals surface area contributed by atoms with Gasteiger partial charge in [0, 0.05) is 12.4 Å². The van der Waals surface area contributed by atoms with Crippen LogP contribution in [0.4, 0.5) is 0 Å². The van der Waals surface area contributed by atoms with Crippen molar-refractivity contribution in [2.45, 2.75) is 38.6 Å². The standard InChI is InChI=1S/C7H15NO2/c1-2-3-6(8)4-5-7(9)10/h6H,2-5,8H2,1H3,(H,9,10)/t6-/m0/s1. The number of carboxylic acids is 1. The van der Waals surface area contributed by atoms with Crippen molar-refractivity contribution in [3.63, 3.8) is 0 Å². The third kappa shape index (κ3) is 5.56. The number of rotatable bonds is 5. The molecule has 0 saturated carbocycles. The zero-order chi connectivity index (χ0) is 7.98. The third-order valence-electron chi connectivity index (χ3n) is 1.45. The smallest absolute Gasteiger partial charge is 0.0847 e. The molecule has 0 amide bonds. The van der Waals surface area contributed by atoms with Crippen molar-refractivity contribution in [2.75, 3.05) is 0 Å². The van der Waals surface area contributed by atoms with E-state index in [-0.39, 0.29) is 12.5 Å². The highest BCUT2D eigenvalue weighted by atomic mass is 16.4. The van der Waals surface area contributed by atoms with Gasteiger partial charge in [0.1, 0.15) is 0 Å². The Morgan fingerprint density at radius 2 is 2.20 bits per heavy atom. The summed E-state index contributed by atoms with van der Waals surface area (Å²) in [7, 11) is 0. The van der Waals surface area contributed by atoms with Crippen molar-refractivity contribution in [1.82, 2.24) is 0 Å². The van der Waals surface area contributed by atoms with Crippen molar-refractivity contribution in [3.8, 4) is 0 Å². The van der Waals surface area contributed by atoms with Gasteiger partial charge in [-0.05, 0) is 12.8 Å². The quantitative estimate of drug-likeness (QED) is 0.535. The van der Waals surface area contributed by atoms with E-state index in [1.165, 1.54) is 0 Å². The maximum absolute atomic E-state index is 9.97. The highest BCUT2D eigenvalue weighted by molar-refractivity contribution is 5.64. The second kappa shape index (κ2) is 5.23. The fourth-order valence-corrected chi connectivity index (χ4v) is 0.875. The summed E-state index contributed by atoms with van der Waals surface area (Å²) >= 11 is 0. The molecule has 10 heavy (non-hydrogen) atoms. The molecule has 0 aromatic rings. The molecule has 0 bridgehead atoms. The fourth-order valence-electron chi connectivity index (χ4n) is 0.875. The van der Waals surface area contributed by atoms with Gasteiger partial charge in [0.2, 0.25) is 0 Å². The summed E-state index contributed by atoms with van der Waals surface area (Å²) in [5.74, 6) is -0.968. The van der Waals surface area contributed by atoms with Gasteiger partial charge < -0.3 is 15.6 Å². The summed E-state index contributed by atoms with van der Waals surface area (Å²) in [6.45, 7) is 2.07. The Labute approximate surface area is 61.2 Å². The number of quaternary nitrogens is 1. The molecule has 1 atom stereocenters. The molecule has 3 N–H and O–H groups in total. The number of aliphatic carboxylic acids is 1. The average molecular weight is 145 g/mol. The van der Waals surface area contributed by atoms with E-state index in [4.69, 9.17) is 0 Å². The first kappa shape index (κ1) is 9.43. The van der Waals surface area contributed by atoms with Crippen molar-refractivity contribution >= 4 is 5.97 Å². The van der Waals surface area contributed by atoms with E-state index < -0.39 is 5.97 Å². The van der Waals surface area contributed by atoms with E-state index in [1.807, 2.05) is 0 Å². The first-order valence-electron chi connectivity index (χ1n) is 3.69. The second-order valence-electron chi connectivity index (χ2n) is 2.57. The molecule has 3 heteroatoms. The van der Waals surface area contributed by atoms with Crippen LogP contribution in [0.1, 0.15) is 32.6 Å². The monoisotopic (exact) mass is 145 g/mol. The summed E-state index contributed by atoms with van der Waals surface area (Å²) in [4.78, 5) is 9.97. The van der Waals surface area contributed by atoms with Crippen molar-refractivity contribution in [2.24, 2.45) is 0 Å². The van der Waals surface area contributed by atoms with Crippen molar-refractivity contribution in [1.29, 1.82) is 0 Å². The van der Waals surface area contributed by atoms with Gasteiger partial charge in [-0.3, -0.25) is 0 Å². The number of carboxylic acid groups (broad SMARTS) is 1. The molecule has 3 nitrogen and oxygen atoms in total. The molecular weight excluding hydrogens is 130 g/mol. The molecule has 0 aliphatic carbocycles. The number of hydrogen-bond acceptors (Lipinski definition) is 2. The maximum Gasteiger partial charge on any atom is 0.0847 e. The molecule has 0 aliphatic heterocycles. The lowest BCUT2D eigenvalue weighted by atomic mass is 10.1. The van der Waals surface area contributed by atoms with E-state index in [2.05, 4.69) is 12.7 Å². The lowest BCUT2D eigenvalue weighted by Gasteiger charge is -2.06. The normalized spacial score (nSPS) is 13.0. The Kier molecular flexibility index (Phi) is 4.94. The minimum absolute atomic E-state index is 0.147. The number of carbonyl (C=O) groups excluding carboxylic acids is 1. The third-order valence-corrected chi connectivity index (χ3v) is 1.45. The number of carbonyl (C=O) groups is 1. The molecule has 0 spiro atoms. The molecule has 0 aliphatic rings. The summed E-state index contributed by atoms with van der Waals surface area (Å²) in [6, 6.07) is 0.280. The van der Waals surface area contributed by atoms with Gasteiger partial charge in [0.25, 0.3) is 0 Å². The van der Waals surface area contributed by atoms with E-state index >= 15 is 0 Å². The Morgan fingerprint density at radius 1 is 1.60 bits per heavy atom. The van der Waals surface area contributed by atoms with Crippen LogP contribution in [0, 0.1) is 0 Å². The second-order valence-corrected chi connectivity index (χ2v) is 2.57.